The van der Waals surface area contributed by atoms with Crippen molar-refractivity contribution >= 4 is 5.91 Å². The Labute approximate surface area is 156 Å². The Hall–Kier alpha value is -1.42. The smallest absolute Gasteiger partial charge is 0.225 e. The summed E-state index contributed by atoms with van der Waals surface area (Å²) in [5.41, 5.74) is 2.01. The van der Waals surface area contributed by atoms with E-state index in [1.807, 2.05) is 19.1 Å². The fraction of sp³-hybridized carbons (Fsp3) is 0.682. The maximum Gasteiger partial charge on any atom is 0.225 e. The van der Waals surface area contributed by atoms with Gasteiger partial charge in [-0.15, -0.1) is 0 Å². The fourth-order valence-electron chi connectivity index (χ4n) is 4.89. The van der Waals surface area contributed by atoms with Crippen LogP contribution in [0.5, 0.6) is 0 Å². The summed E-state index contributed by atoms with van der Waals surface area (Å²) in [6, 6.07) is 6.19. The van der Waals surface area contributed by atoms with Crippen molar-refractivity contribution in [1.82, 2.24) is 9.80 Å². The molecule has 1 saturated carbocycles. The summed E-state index contributed by atoms with van der Waals surface area (Å²) in [7, 11) is 0. The summed E-state index contributed by atoms with van der Waals surface area (Å²) in [6.07, 6.45) is 7.98. The average Bonchev–Trinajstić information content (AvgIpc) is 3.05. The number of benzene rings is 1. The predicted octanol–water partition coefficient (Wildman–Crippen LogP) is 3.79. The highest BCUT2D eigenvalue weighted by Gasteiger charge is 2.34. The van der Waals surface area contributed by atoms with E-state index in [1.165, 1.54) is 24.9 Å². The van der Waals surface area contributed by atoms with Crippen molar-refractivity contribution in [1.29, 1.82) is 0 Å². The van der Waals surface area contributed by atoms with Crippen molar-refractivity contribution < 1.29 is 9.18 Å². The van der Waals surface area contributed by atoms with Gasteiger partial charge in [0, 0.05) is 31.6 Å². The van der Waals surface area contributed by atoms with Gasteiger partial charge in [-0.2, -0.15) is 0 Å². The van der Waals surface area contributed by atoms with Gasteiger partial charge in [-0.25, -0.2) is 4.39 Å². The number of halogens is 1. The SMILES string of the molecule is Cc1cc(CC2CCN(C3CCN(C(=O)C4CCC4)CC3)C2)ccc1F. The molecule has 0 spiro atoms. The van der Waals surface area contributed by atoms with Crippen molar-refractivity contribution in [2.24, 2.45) is 11.8 Å². The number of nitrogens with zero attached hydrogens (tertiary/aromatic N) is 2. The molecule has 0 N–H and O–H groups in total. The van der Waals surface area contributed by atoms with Gasteiger partial charge in [-0.05, 0) is 75.1 Å². The zero-order chi connectivity index (χ0) is 18.1. The van der Waals surface area contributed by atoms with Crippen molar-refractivity contribution in [3.8, 4) is 0 Å². The van der Waals surface area contributed by atoms with Crippen molar-refractivity contribution in [3.63, 3.8) is 0 Å². The second-order valence-corrected chi connectivity index (χ2v) is 8.62. The molecule has 1 unspecified atom stereocenters. The third-order valence-electron chi connectivity index (χ3n) is 6.81. The quantitative estimate of drug-likeness (QED) is 0.818. The molecule has 1 atom stereocenters. The lowest BCUT2D eigenvalue weighted by atomic mass is 9.84. The highest BCUT2D eigenvalue weighted by Crippen LogP contribution is 2.31. The average molecular weight is 359 g/mol. The summed E-state index contributed by atoms with van der Waals surface area (Å²) in [6.45, 7) is 6.05. The fourth-order valence-corrected chi connectivity index (χ4v) is 4.89. The van der Waals surface area contributed by atoms with E-state index < -0.39 is 0 Å². The minimum Gasteiger partial charge on any atom is -0.342 e. The monoisotopic (exact) mass is 358 g/mol. The normalized spacial score (nSPS) is 25.5. The molecule has 2 aliphatic heterocycles. The zero-order valence-corrected chi connectivity index (χ0v) is 15.9. The number of carbonyl (C=O) groups excluding carboxylic acids is 1. The molecule has 1 aromatic carbocycles. The highest BCUT2D eigenvalue weighted by atomic mass is 19.1. The maximum absolute atomic E-state index is 13.4. The van der Waals surface area contributed by atoms with E-state index in [2.05, 4.69) is 9.80 Å². The number of hydrogen-bond acceptors (Lipinski definition) is 2. The van der Waals surface area contributed by atoms with Gasteiger partial charge in [0.25, 0.3) is 0 Å². The Kier molecular flexibility index (Phi) is 5.30. The Bertz CT molecular complexity index is 650. The topological polar surface area (TPSA) is 23.6 Å². The van der Waals surface area contributed by atoms with Gasteiger partial charge in [0.1, 0.15) is 5.82 Å². The van der Waals surface area contributed by atoms with Crippen LogP contribution in [0.4, 0.5) is 4.39 Å². The number of rotatable bonds is 4. The summed E-state index contributed by atoms with van der Waals surface area (Å²) in [5, 5.41) is 0. The van der Waals surface area contributed by atoms with E-state index in [9.17, 15) is 9.18 Å². The summed E-state index contributed by atoms with van der Waals surface area (Å²) >= 11 is 0. The number of carbonyl (C=O) groups is 1. The van der Waals surface area contributed by atoms with E-state index in [4.69, 9.17) is 0 Å². The zero-order valence-electron chi connectivity index (χ0n) is 15.9. The Morgan fingerprint density at radius 1 is 1.12 bits per heavy atom. The number of aryl methyl sites for hydroxylation is 1. The molecule has 0 aromatic heterocycles. The van der Waals surface area contributed by atoms with Crippen molar-refractivity contribution in [2.75, 3.05) is 26.2 Å². The van der Waals surface area contributed by atoms with Gasteiger partial charge < -0.3 is 4.90 Å². The number of likely N-dealkylation sites (tertiary alicyclic amines) is 2. The van der Waals surface area contributed by atoms with Crippen LogP contribution in [0.2, 0.25) is 0 Å². The molecular weight excluding hydrogens is 327 g/mol. The summed E-state index contributed by atoms with van der Waals surface area (Å²) in [4.78, 5) is 17.2. The molecule has 1 aromatic rings. The Morgan fingerprint density at radius 2 is 1.88 bits per heavy atom. The first-order chi connectivity index (χ1) is 12.6. The van der Waals surface area contributed by atoms with Gasteiger partial charge in [-0.1, -0.05) is 18.6 Å². The second kappa shape index (κ2) is 7.67. The van der Waals surface area contributed by atoms with E-state index in [0.29, 0.717) is 23.8 Å². The Balaban J connectivity index is 1.25. The number of hydrogen-bond donors (Lipinski definition) is 0. The molecule has 0 radical (unpaired) electrons. The molecule has 142 valence electrons. The van der Waals surface area contributed by atoms with Gasteiger partial charge in [-0.3, -0.25) is 9.69 Å². The Morgan fingerprint density at radius 3 is 2.54 bits per heavy atom. The molecule has 3 aliphatic rings. The maximum atomic E-state index is 13.4. The molecule has 1 amide bonds. The lowest BCUT2D eigenvalue weighted by Gasteiger charge is -2.39. The lowest BCUT2D eigenvalue weighted by molar-refractivity contribution is -0.139. The van der Waals surface area contributed by atoms with Crippen LogP contribution in [0, 0.1) is 24.6 Å². The third kappa shape index (κ3) is 3.80. The largest absolute Gasteiger partial charge is 0.342 e. The van der Waals surface area contributed by atoms with Crippen LogP contribution in [0.1, 0.15) is 49.7 Å². The van der Waals surface area contributed by atoms with Gasteiger partial charge in [0.15, 0.2) is 0 Å². The molecule has 3 fully saturated rings. The first kappa shape index (κ1) is 18.0. The highest BCUT2D eigenvalue weighted by molar-refractivity contribution is 5.79. The van der Waals surface area contributed by atoms with E-state index >= 15 is 0 Å². The van der Waals surface area contributed by atoms with Crippen LogP contribution in [0.25, 0.3) is 0 Å². The lowest BCUT2D eigenvalue weighted by Crippen LogP contribution is -2.48. The van der Waals surface area contributed by atoms with Crippen LogP contribution in [-0.4, -0.2) is 47.9 Å². The molecule has 2 saturated heterocycles. The van der Waals surface area contributed by atoms with Crippen LogP contribution in [0.15, 0.2) is 18.2 Å². The predicted molar refractivity (Wildman–Crippen MR) is 101 cm³/mol. The van der Waals surface area contributed by atoms with Crippen LogP contribution in [0.3, 0.4) is 0 Å². The molecule has 1 aliphatic carbocycles. The first-order valence-electron chi connectivity index (χ1n) is 10.4. The van der Waals surface area contributed by atoms with Crippen LogP contribution >= 0.6 is 0 Å². The van der Waals surface area contributed by atoms with Crippen molar-refractivity contribution in [2.45, 2.75) is 57.9 Å². The van der Waals surface area contributed by atoms with E-state index in [0.717, 1.165) is 57.3 Å². The molecule has 4 rings (SSSR count). The van der Waals surface area contributed by atoms with Crippen LogP contribution in [-0.2, 0) is 11.2 Å². The molecule has 26 heavy (non-hydrogen) atoms. The standard InChI is InChI=1S/C22H31FN2O/c1-16-13-17(5-6-21(16)23)14-18-7-10-25(15-18)20-8-11-24(12-9-20)22(26)19-3-2-4-19/h5-6,13,18-20H,2-4,7-12,14-15H2,1H3. The number of piperidine rings is 1. The van der Waals surface area contributed by atoms with Crippen LogP contribution < -0.4 is 0 Å². The summed E-state index contributed by atoms with van der Waals surface area (Å²) in [5.74, 6) is 1.32. The first-order valence-corrected chi connectivity index (χ1v) is 10.4. The molecule has 0 bridgehead atoms. The van der Waals surface area contributed by atoms with Gasteiger partial charge in [0.2, 0.25) is 5.91 Å². The molecular formula is C22H31FN2O. The summed E-state index contributed by atoms with van der Waals surface area (Å²) < 4.78 is 13.4. The molecule has 4 heteroatoms. The van der Waals surface area contributed by atoms with Crippen molar-refractivity contribution in [3.05, 3.63) is 35.1 Å². The third-order valence-corrected chi connectivity index (χ3v) is 6.81. The number of amides is 1. The molecule has 2 heterocycles. The second-order valence-electron chi connectivity index (χ2n) is 8.62. The molecule has 3 nitrogen and oxygen atoms in total. The van der Waals surface area contributed by atoms with E-state index in [1.54, 1.807) is 6.07 Å². The van der Waals surface area contributed by atoms with Gasteiger partial charge >= 0.3 is 0 Å². The van der Waals surface area contributed by atoms with Gasteiger partial charge in [0.05, 0.1) is 0 Å². The van der Waals surface area contributed by atoms with E-state index in [-0.39, 0.29) is 5.82 Å². The minimum absolute atomic E-state index is 0.106. The minimum atomic E-state index is -0.106.